The lowest BCUT2D eigenvalue weighted by Gasteiger charge is -2.22. The molecule has 2 aromatic carbocycles. The van der Waals surface area contributed by atoms with Crippen LogP contribution in [0.3, 0.4) is 0 Å². The number of hydrogen-bond donors (Lipinski definition) is 1. The zero-order chi connectivity index (χ0) is 15.6. The van der Waals surface area contributed by atoms with Crippen molar-refractivity contribution in [1.29, 1.82) is 0 Å². The van der Waals surface area contributed by atoms with Crippen molar-refractivity contribution in [2.75, 3.05) is 17.7 Å². The first-order valence-corrected chi connectivity index (χ1v) is 7.25. The van der Waals surface area contributed by atoms with Crippen LogP contribution in [-0.4, -0.2) is 7.05 Å². The predicted octanol–water partition coefficient (Wildman–Crippen LogP) is 4.85. The van der Waals surface area contributed by atoms with Crippen LogP contribution in [0.15, 0.2) is 60.8 Å². The van der Waals surface area contributed by atoms with Gasteiger partial charge in [0.25, 0.3) is 0 Å². The van der Waals surface area contributed by atoms with Crippen molar-refractivity contribution in [3.05, 3.63) is 71.4 Å². The minimum Gasteiger partial charge on any atom is -0.399 e. The number of hydrogen-bond acceptors (Lipinski definition) is 2. The Labute approximate surface area is 131 Å². The third-order valence-electron chi connectivity index (χ3n) is 3.94. The summed E-state index contributed by atoms with van der Waals surface area (Å²) < 4.78 is 0. The molecule has 1 aliphatic rings. The number of benzene rings is 2. The average Bonchev–Trinajstić information content (AvgIpc) is 2.65. The first-order chi connectivity index (χ1) is 9.84. The van der Waals surface area contributed by atoms with Crippen LogP contribution in [-0.2, 0) is 5.41 Å². The van der Waals surface area contributed by atoms with Crippen LogP contribution in [0.2, 0.25) is 5.02 Å². The van der Waals surface area contributed by atoms with Gasteiger partial charge in [0.05, 0.1) is 0 Å². The quantitative estimate of drug-likeness (QED) is 0.705. The molecule has 1 aliphatic heterocycles. The summed E-state index contributed by atoms with van der Waals surface area (Å²) in [5, 5.41) is 0.721. The third kappa shape index (κ3) is 3.06. The fourth-order valence-electron chi connectivity index (χ4n) is 2.48. The number of para-hydroxylation sites is 1. The molecule has 0 fully saturated rings. The molecule has 0 aromatic heterocycles. The molecule has 0 spiro atoms. The maximum Gasteiger partial charge on any atom is 0.0447 e. The van der Waals surface area contributed by atoms with Gasteiger partial charge in [-0.15, -0.1) is 0 Å². The molecule has 110 valence electrons. The minimum absolute atomic E-state index is 0.0886. The Morgan fingerprint density at radius 3 is 2.14 bits per heavy atom. The molecular weight excluding hydrogens is 280 g/mol. The van der Waals surface area contributed by atoms with Crippen LogP contribution >= 0.6 is 11.6 Å². The van der Waals surface area contributed by atoms with Crippen LogP contribution in [0.4, 0.5) is 11.4 Å². The summed E-state index contributed by atoms with van der Waals surface area (Å²) in [4.78, 5) is 2.18. The lowest BCUT2D eigenvalue weighted by atomic mass is 9.85. The van der Waals surface area contributed by atoms with E-state index in [1.807, 2.05) is 0 Å². The summed E-state index contributed by atoms with van der Waals surface area (Å²) in [6, 6.07) is 15.6. The number of nitrogens with two attached hydrogens (primary N) is 1. The van der Waals surface area contributed by atoms with Crippen molar-refractivity contribution in [2.45, 2.75) is 19.3 Å². The Hall–Kier alpha value is -1.93. The first kappa shape index (κ1) is 15.5. The summed E-state index contributed by atoms with van der Waals surface area (Å²) in [6.07, 6.45) is 0. The largest absolute Gasteiger partial charge is 0.399 e. The zero-order valence-corrected chi connectivity index (χ0v) is 13.5. The van der Waals surface area contributed by atoms with Gasteiger partial charge < -0.3 is 10.6 Å². The topological polar surface area (TPSA) is 29.3 Å². The molecule has 0 atom stereocenters. The van der Waals surface area contributed by atoms with Gasteiger partial charge in [0.2, 0.25) is 0 Å². The molecule has 2 N–H and O–H groups in total. The lowest BCUT2D eigenvalue weighted by Crippen LogP contribution is -2.21. The predicted molar refractivity (Wildman–Crippen MR) is 92.9 cm³/mol. The molecule has 0 unspecified atom stereocenters. The molecule has 3 heteroatoms. The van der Waals surface area contributed by atoms with Crippen LogP contribution < -0.4 is 10.6 Å². The number of nitrogen functional groups attached to an aromatic ring is 1. The lowest BCUT2D eigenvalue weighted by molar-refractivity contribution is 0.643. The zero-order valence-electron chi connectivity index (χ0n) is 12.7. The molecule has 0 aliphatic carbocycles. The number of halogens is 1. The number of likely N-dealkylation sites (N-methyl/N-ethyl adjacent to an activating group) is 1. The van der Waals surface area contributed by atoms with Crippen molar-refractivity contribution >= 4 is 23.0 Å². The first-order valence-electron chi connectivity index (χ1n) is 6.87. The van der Waals surface area contributed by atoms with E-state index in [0.717, 1.165) is 10.7 Å². The van der Waals surface area contributed by atoms with Crippen molar-refractivity contribution in [3.63, 3.8) is 0 Å². The molecule has 3 rings (SSSR count). The maximum atomic E-state index is 5.56. The van der Waals surface area contributed by atoms with E-state index in [-0.39, 0.29) is 5.41 Å². The maximum absolute atomic E-state index is 5.56. The Morgan fingerprint density at radius 2 is 1.62 bits per heavy atom. The SMILES string of the molecule is C=C1N(C)c2ccccc2C1(C)C.Nc1ccc(Cl)cc1. The summed E-state index contributed by atoms with van der Waals surface area (Å²) in [7, 11) is 2.08. The molecular formula is C18H21ClN2. The van der Waals surface area contributed by atoms with Gasteiger partial charge in [-0.2, -0.15) is 0 Å². The number of rotatable bonds is 0. The average molecular weight is 301 g/mol. The van der Waals surface area contributed by atoms with E-state index in [4.69, 9.17) is 17.3 Å². The Balaban J connectivity index is 0.000000173. The monoisotopic (exact) mass is 300 g/mol. The second-order valence-electron chi connectivity index (χ2n) is 5.70. The molecule has 2 nitrogen and oxygen atoms in total. The number of allylic oxidation sites excluding steroid dienone is 1. The van der Waals surface area contributed by atoms with Crippen LogP contribution in [0.5, 0.6) is 0 Å². The van der Waals surface area contributed by atoms with Crippen LogP contribution in [0, 0.1) is 0 Å². The van der Waals surface area contributed by atoms with E-state index < -0.39 is 0 Å². The van der Waals surface area contributed by atoms with Crippen LogP contribution in [0.25, 0.3) is 0 Å². The number of nitrogens with zero attached hydrogens (tertiary/aromatic N) is 1. The summed E-state index contributed by atoms with van der Waals surface area (Å²) >= 11 is 5.56. The highest BCUT2D eigenvalue weighted by atomic mass is 35.5. The molecule has 0 radical (unpaired) electrons. The van der Waals surface area contributed by atoms with Crippen molar-refractivity contribution < 1.29 is 0 Å². The fraction of sp³-hybridized carbons (Fsp3) is 0.222. The molecule has 21 heavy (non-hydrogen) atoms. The molecule has 1 heterocycles. The summed E-state index contributed by atoms with van der Waals surface area (Å²) in [6.45, 7) is 8.57. The van der Waals surface area contributed by atoms with Gasteiger partial charge in [-0.05, 0) is 35.9 Å². The van der Waals surface area contributed by atoms with E-state index in [2.05, 4.69) is 56.6 Å². The van der Waals surface area contributed by atoms with Crippen molar-refractivity contribution in [3.8, 4) is 0 Å². The standard InChI is InChI=1S/C12H15N.C6H6ClN/c1-9-12(2,3)10-7-5-6-8-11(10)13(9)4;7-5-1-3-6(8)4-2-5/h5-8H,1H2,2-4H3;1-4H,8H2. The molecule has 2 aromatic rings. The third-order valence-corrected chi connectivity index (χ3v) is 4.19. The van der Waals surface area contributed by atoms with Gasteiger partial charge in [-0.3, -0.25) is 0 Å². The van der Waals surface area contributed by atoms with E-state index in [0.29, 0.717) is 0 Å². The highest BCUT2D eigenvalue weighted by molar-refractivity contribution is 6.30. The smallest absolute Gasteiger partial charge is 0.0447 e. The van der Waals surface area contributed by atoms with E-state index in [9.17, 15) is 0 Å². The second-order valence-corrected chi connectivity index (χ2v) is 6.14. The van der Waals surface area contributed by atoms with Gasteiger partial charge >= 0.3 is 0 Å². The molecule has 0 bridgehead atoms. The highest BCUT2D eigenvalue weighted by Crippen LogP contribution is 2.45. The van der Waals surface area contributed by atoms with Gasteiger partial charge in [-0.25, -0.2) is 0 Å². The van der Waals surface area contributed by atoms with E-state index in [1.54, 1.807) is 24.3 Å². The highest BCUT2D eigenvalue weighted by Gasteiger charge is 2.36. The van der Waals surface area contributed by atoms with Crippen molar-refractivity contribution in [1.82, 2.24) is 0 Å². The number of fused-ring (bicyclic) bond motifs is 1. The Bertz CT molecular complexity index is 624. The minimum atomic E-state index is 0.0886. The summed E-state index contributed by atoms with van der Waals surface area (Å²) in [5.74, 6) is 0. The molecule has 0 saturated carbocycles. The van der Waals surface area contributed by atoms with Gasteiger partial charge in [0.1, 0.15) is 0 Å². The number of anilines is 2. The van der Waals surface area contributed by atoms with Crippen molar-refractivity contribution in [2.24, 2.45) is 0 Å². The summed E-state index contributed by atoms with van der Waals surface area (Å²) in [5.41, 5.74) is 10.0. The normalized spacial score (nSPS) is 15.2. The fourth-order valence-corrected chi connectivity index (χ4v) is 2.60. The van der Waals surface area contributed by atoms with Gasteiger partial charge in [-0.1, -0.05) is 50.2 Å². The van der Waals surface area contributed by atoms with E-state index >= 15 is 0 Å². The van der Waals surface area contributed by atoms with Gasteiger partial charge in [0, 0.05) is 34.6 Å². The van der Waals surface area contributed by atoms with E-state index in [1.165, 1.54) is 16.9 Å². The molecule has 0 saturated heterocycles. The van der Waals surface area contributed by atoms with Crippen LogP contribution in [0.1, 0.15) is 19.4 Å². The Kier molecular flexibility index (Phi) is 4.29. The van der Waals surface area contributed by atoms with Gasteiger partial charge in [0.15, 0.2) is 0 Å². The Morgan fingerprint density at radius 1 is 1.05 bits per heavy atom. The second kappa shape index (κ2) is 5.82. The molecule has 0 amide bonds.